The average molecular weight is 938 g/mol. The van der Waals surface area contributed by atoms with Gasteiger partial charge in [-0.15, -0.1) is 24.3 Å². The second-order valence-electron chi connectivity index (χ2n) is 18.1. The Morgan fingerprint density at radius 2 is 1.21 bits per heavy atom. The van der Waals surface area contributed by atoms with Gasteiger partial charge in [0.2, 0.25) is 0 Å². The zero-order valence-electron chi connectivity index (χ0n) is 34.4. The van der Waals surface area contributed by atoms with E-state index in [1.807, 2.05) is 30.3 Å². The van der Waals surface area contributed by atoms with E-state index < -0.39 is 0 Å². The Balaban J connectivity index is 0.00000469. The van der Waals surface area contributed by atoms with Crippen molar-refractivity contribution in [1.82, 2.24) is 14.4 Å². The number of fused-ring (bicyclic) bond motifs is 4. The Bertz CT molecular complexity index is 2820. The molecule has 1 aliphatic rings. The van der Waals surface area contributed by atoms with Gasteiger partial charge in [0.25, 0.3) is 0 Å². The zero-order chi connectivity index (χ0) is 39.9. The van der Waals surface area contributed by atoms with Crippen molar-refractivity contribution in [3.8, 4) is 73.0 Å². The van der Waals surface area contributed by atoms with E-state index in [0.717, 1.165) is 67.2 Å². The average Bonchev–Trinajstić information content (AvgIpc) is 3.70. The first-order valence-electron chi connectivity index (χ1n) is 19.9. The molecule has 0 atom stereocenters. The standard InChI is InChI=1S/C53H48N3O.Pt/c1-51(2,3)38-28-36(29-39(32-38)52(4,5)6)37-30-44(54-45(31-37)41-24-25-43-47(50(41)57)40-21-12-13-22-42(40)53(43,7)8)34-19-16-20-35(27-34)48-49(33-17-10-9-11-18-33)56-26-15-14-23-46(56)55-48;/h9-26,28-32,57H,1-8H3;/q-1;. The molecule has 3 aromatic heterocycles. The molecule has 0 saturated carbocycles. The maximum atomic E-state index is 12.3. The number of pyridine rings is 2. The molecule has 0 fully saturated rings. The van der Waals surface area contributed by atoms with Gasteiger partial charge >= 0.3 is 0 Å². The maximum Gasteiger partial charge on any atom is 0.133 e. The topological polar surface area (TPSA) is 50.4 Å². The van der Waals surface area contributed by atoms with Crippen molar-refractivity contribution in [2.45, 2.75) is 71.6 Å². The fraction of sp³-hybridized carbons (Fsp3) is 0.208. The second-order valence-corrected chi connectivity index (χ2v) is 18.1. The van der Waals surface area contributed by atoms with Crippen LogP contribution in [-0.2, 0) is 37.3 Å². The fourth-order valence-electron chi connectivity index (χ4n) is 8.43. The molecule has 5 aromatic carbocycles. The summed E-state index contributed by atoms with van der Waals surface area (Å²) in [5, 5.41) is 12.3. The number of hydrogen-bond donors (Lipinski definition) is 1. The van der Waals surface area contributed by atoms with Gasteiger partial charge in [-0.3, -0.25) is 9.97 Å². The normalized spacial score (nSPS) is 13.2. The number of phenolic OH excluding ortho intramolecular Hbond substituents is 1. The van der Waals surface area contributed by atoms with E-state index in [9.17, 15) is 5.11 Å². The number of benzene rings is 5. The molecule has 4 nitrogen and oxygen atoms in total. The number of aromatic nitrogens is 3. The first-order chi connectivity index (χ1) is 27.2. The Morgan fingerprint density at radius 1 is 0.569 bits per heavy atom. The van der Waals surface area contributed by atoms with Crippen LogP contribution in [0.4, 0.5) is 0 Å². The van der Waals surface area contributed by atoms with Gasteiger partial charge in [-0.1, -0.05) is 158 Å². The van der Waals surface area contributed by atoms with E-state index >= 15 is 0 Å². The molecule has 0 amide bonds. The number of imidazole rings is 1. The van der Waals surface area contributed by atoms with E-state index in [0.29, 0.717) is 11.3 Å². The van der Waals surface area contributed by atoms with E-state index in [1.54, 1.807) is 0 Å². The number of hydrogen-bond acceptors (Lipinski definition) is 3. The first-order valence-corrected chi connectivity index (χ1v) is 19.9. The van der Waals surface area contributed by atoms with Crippen molar-refractivity contribution < 1.29 is 26.2 Å². The quantitative estimate of drug-likeness (QED) is 0.175. The van der Waals surface area contributed by atoms with Crippen molar-refractivity contribution in [2.75, 3.05) is 0 Å². The molecule has 9 rings (SSSR count). The minimum Gasteiger partial charge on any atom is -0.507 e. The third kappa shape index (κ3) is 6.72. The van der Waals surface area contributed by atoms with E-state index in [2.05, 4.69) is 175 Å². The summed E-state index contributed by atoms with van der Waals surface area (Å²) in [5.41, 5.74) is 16.4. The molecule has 5 heteroatoms. The van der Waals surface area contributed by atoms with Crippen LogP contribution in [0.15, 0.2) is 140 Å². The van der Waals surface area contributed by atoms with Crippen molar-refractivity contribution in [2.24, 2.45) is 0 Å². The molecule has 0 unspecified atom stereocenters. The molecule has 0 spiro atoms. The molecule has 0 saturated heterocycles. The third-order valence-corrected chi connectivity index (χ3v) is 11.7. The predicted octanol–water partition coefficient (Wildman–Crippen LogP) is 13.5. The molecular weight excluding hydrogens is 890 g/mol. The van der Waals surface area contributed by atoms with Gasteiger partial charge in [-0.05, 0) is 79.6 Å². The predicted molar refractivity (Wildman–Crippen MR) is 236 cm³/mol. The zero-order valence-corrected chi connectivity index (χ0v) is 36.7. The Labute approximate surface area is 357 Å². The van der Waals surface area contributed by atoms with Gasteiger partial charge in [0, 0.05) is 60.9 Å². The van der Waals surface area contributed by atoms with Gasteiger partial charge in [0.15, 0.2) is 0 Å². The van der Waals surface area contributed by atoms with Crippen molar-refractivity contribution in [1.29, 1.82) is 0 Å². The summed E-state index contributed by atoms with van der Waals surface area (Å²) in [7, 11) is 0. The minimum absolute atomic E-state index is 0. The van der Waals surface area contributed by atoms with Crippen LogP contribution in [0.25, 0.3) is 72.9 Å². The van der Waals surface area contributed by atoms with E-state index in [-0.39, 0.29) is 43.1 Å². The van der Waals surface area contributed by atoms with Gasteiger partial charge < -0.3 is 9.51 Å². The maximum absolute atomic E-state index is 12.3. The van der Waals surface area contributed by atoms with Crippen LogP contribution < -0.4 is 0 Å². The molecular formula is C53H48N3OPt-. The molecule has 0 aliphatic heterocycles. The minimum atomic E-state index is -0.231. The molecule has 3 heterocycles. The van der Waals surface area contributed by atoms with Crippen LogP contribution in [0.5, 0.6) is 5.75 Å². The second kappa shape index (κ2) is 14.4. The van der Waals surface area contributed by atoms with Gasteiger partial charge in [0.05, 0.1) is 5.69 Å². The molecule has 8 aromatic rings. The first kappa shape index (κ1) is 39.3. The van der Waals surface area contributed by atoms with Gasteiger partial charge in [-0.25, -0.2) is 0 Å². The summed E-state index contributed by atoms with van der Waals surface area (Å²) in [6.45, 7) is 18.1. The van der Waals surface area contributed by atoms with E-state index in [1.165, 1.54) is 16.7 Å². The number of phenols is 1. The summed E-state index contributed by atoms with van der Waals surface area (Å²) < 4.78 is 2.15. The third-order valence-electron chi connectivity index (χ3n) is 11.7. The van der Waals surface area contributed by atoms with Crippen molar-refractivity contribution >= 4 is 5.65 Å². The number of nitrogens with zero attached hydrogens (tertiary/aromatic N) is 3. The van der Waals surface area contributed by atoms with Crippen molar-refractivity contribution in [3.05, 3.63) is 168 Å². The molecule has 1 aliphatic carbocycles. The number of rotatable bonds is 5. The summed E-state index contributed by atoms with van der Waals surface area (Å²) in [5.74, 6) is 0.259. The Morgan fingerprint density at radius 3 is 1.93 bits per heavy atom. The van der Waals surface area contributed by atoms with Crippen LogP contribution >= 0.6 is 0 Å². The van der Waals surface area contributed by atoms with Crippen LogP contribution in [0.3, 0.4) is 0 Å². The summed E-state index contributed by atoms with van der Waals surface area (Å²) in [6, 6.07) is 50.5. The van der Waals surface area contributed by atoms with Crippen LogP contribution in [0.1, 0.15) is 77.6 Å². The number of aromatic hydroxyl groups is 1. The Hall–Kier alpha value is -5.57. The Kier molecular flexibility index (Phi) is 9.72. The van der Waals surface area contributed by atoms with Crippen LogP contribution in [0, 0.1) is 6.07 Å². The van der Waals surface area contributed by atoms with E-state index in [4.69, 9.17) is 9.97 Å². The summed E-state index contributed by atoms with van der Waals surface area (Å²) >= 11 is 0. The molecule has 58 heavy (non-hydrogen) atoms. The fourth-order valence-corrected chi connectivity index (χ4v) is 8.43. The molecule has 0 radical (unpaired) electrons. The molecule has 1 N–H and O–H groups in total. The smallest absolute Gasteiger partial charge is 0.133 e. The monoisotopic (exact) mass is 937 g/mol. The summed E-state index contributed by atoms with van der Waals surface area (Å²) in [4.78, 5) is 10.5. The van der Waals surface area contributed by atoms with Crippen LogP contribution in [0.2, 0.25) is 0 Å². The van der Waals surface area contributed by atoms with Gasteiger partial charge in [-0.2, -0.15) is 0 Å². The molecule has 292 valence electrons. The SMILES string of the molecule is CC(C)(C)c1cc(-c2cc(-c3[c-]c(-c4nc5ccccn5c4-c4ccccc4)ccc3)nc(-c3ccc4c(c3O)-c3ccccc3C4(C)C)c2)cc(C(C)(C)C)c1.[Pt]. The summed E-state index contributed by atoms with van der Waals surface area (Å²) in [6.07, 6.45) is 2.06. The van der Waals surface area contributed by atoms with Crippen molar-refractivity contribution in [3.63, 3.8) is 0 Å². The largest absolute Gasteiger partial charge is 0.507 e. The van der Waals surface area contributed by atoms with Crippen LogP contribution in [-0.4, -0.2) is 19.5 Å². The molecule has 0 bridgehead atoms. The van der Waals surface area contributed by atoms with Gasteiger partial charge in [0.1, 0.15) is 11.4 Å².